The van der Waals surface area contributed by atoms with E-state index in [9.17, 15) is 9.59 Å². The van der Waals surface area contributed by atoms with Crippen LogP contribution in [-0.2, 0) is 19.5 Å². The Kier molecular flexibility index (Phi) is 5.42. The number of hydrogen-bond donors (Lipinski definition) is 1. The van der Waals surface area contributed by atoms with E-state index in [1.165, 1.54) is 0 Å². The zero-order valence-corrected chi connectivity index (χ0v) is 18.2. The average Bonchev–Trinajstić information content (AvgIpc) is 2.78. The lowest BCUT2D eigenvalue weighted by atomic mass is 10.0. The number of H-pyrrole nitrogens is 1. The van der Waals surface area contributed by atoms with Crippen LogP contribution in [0.5, 0.6) is 0 Å². The highest BCUT2D eigenvalue weighted by molar-refractivity contribution is 6.37. The number of nitrogens with zero attached hydrogens (tertiary/aromatic N) is 3. The van der Waals surface area contributed by atoms with Gasteiger partial charge in [0.2, 0.25) is 0 Å². The summed E-state index contributed by atoms with van der Waals surface area (Å²) in [6.07, 6.45) is 3.59. The third-order valence-corrected chi connectivity index (χ3v) is 6.49. The quantitative estimate of drug-likeness (QED) is 0.603. The fourth-order valence-corrected chi connectivity index (χ4v) is 4.63. The molecule has 0 fully saturated rings. The zero-order chi connectivity index (χ0) is 21.5. The van der Waals surface area contributed by atoms with Crippen LogP contribution < -0.4 is 11.2 Å². The van der Waals surface area contributed by atoms with Gasteiger partial charge < -0.3 is 9.40 Å². The van der Waals surface area contributed by atoms with Gasteiger partial charge in [0.1, 0.15) is 5.58 Å². The predicted molar refractivity (Wildman–Crippen MR) is 120 cm³/mol. The van der Waals surface area contributed by atoms with Gasteiger partial charge in [0.05, 0.1) is 27.6 Å². The maximum atomic E-state index is 12.8. The number of aromatic amines is 1. The molecule has 0 saturated carbocycles. The number of benzene rings is 1. The van der Waals surface area contributed by atoms with Crippen molar-refractivity contribution < 1.29 is 4.42 Å². The molecule has 9 heteroatoms. The minimum absolute atomic E-state index is 0.151. The molecule has 7 nitrogen and oxygen atoms in total. The molecule has 160 valence electrons. The third kappa shape index (κ3) is 3.93. The van der Waals surface area contributed by atoms with Crippen LogP contribution in [0.25, 0.3) is 11.0 Å². The Morgan fingerprint density at radius 3 is 2.84 bits per heavy atom. The van der Waals surface area contributed by atoms with Crippen molar-refractivity contribution in [3.63, 3.8) is 0 Å². The normalized spacial score (nSPS) is 16.9. The van der Waals surface area contributed by atoms with Crippen LogP contribution >= 0.6 is 23.2 Å². The largest absolute Gasteiger partial charge is 0.422 e. The molecule has 3 aromatic rings. The summed E-state index contributed by atoms with van der Waals surface area (Å²) in [6.45, 7) is 2.09. The average molecular weight is 459 g/mol. The van der Waals surface area contributed by atoms with Crippen LogP contribution in [-0.4, -0.2) is 33.7 Å². The highest BCUT2D eigenvalue weighted by atomic mass is 35.5. The number of fused-ring (bicyclic) bond motifs is 2. The Morgan fingerprint density at radius 2 is 2.03 bits per heavy atom. The number of aromatic nitrogens is 2. The van der Waals surface area contributed by atoms with Gasteiger partial charge in [-0.3, -0.25) is 14.7 Å². The highest BCUT2D eigenvalue weighted by Crippen LogP contribution is 2.29. The van der Waals surface area contributed by atoms with E-state index in [0.717, 1.165) is 37.2 Å². The second kappa shape index (κ2) is 8.22. The van der Waals surface area contributed by atoms with Crippen molar-refractivity contribution >= 4 is 39.9 Å². The second-order valence-corrected chi connectivity index (χ2v) is 8.72. The summed E-state index contributed by atoms with van der Waals surface area (Å²) in [5.41, 5.74) is 2.42. The number of halogens is 2. The van der Waals surface area contributed by atoms with Crippen LogP contribution in [0, 0.1) is 0 Å². The predicted octanol–water partition coefficient (Wildman–Crippen LogP) is 3.71. The van der Waals surface area contributed by atoms with Crippen molar-refractivity contribution in [3.8, 4) is 0 Å². The summed E-state index contributed by atoms with van der Waals surface area (Å²) in [5, 5.41) is 1.44. The van der Waals surface area contributed by atoms with Gasteiger partial charge in [0.25, 0.3) is 5.56 Å². The molecule has 2 aromatic heterocycles. The molecular weight excluding hydrogens is 439 g/mol. The molecule has 0 atom stereocenters. The summed E-state index contributed by atoms with van der Waals surface area (Å²) in [6, 6.07) is 4.96. The molecule has 1 aromatic carbocycles. The molecular formula is C22H20Cl2N4O3. The molecule has 0 unspecified atom stereocenters. The molecule has 0 bridgehead atoms. The molecule has 31 heavy (non-hydrogen) atoms. The molecule has 0 saturated heterocycles. The molecule has 5 rings (SSSR count). The molecule has 2 aliphatic rings. The Morgan fingerprint density at radius 1 is 1.16 bits per heavy atom. The van der Waals surface area contributed by atoms with Crippen LogP contribution in [0.1, 0.15) is 41.9 Å². The molecule has 1 N–H and O–H groups in total. The van der Waals surface area contributed by atoms with E-state index in [4.69, 9.17) is 32.6 Å². The van der Waals surface area contributed by atoms with Crippen LogP contribution in [0.15, 0.2) is 37.2 Å². The van der Waals surface area contributed by atoms with Gasteiger partial charge in [-0.1, -0.05) is 23.2 Å². The number of rotatable bonds is 3. The summed E-state index contributed by atoms with van der Waals surface area (Å²) < 4.78 is 5.43. The van der Waals surface area contributed by atoms with Gasteiger partial charge in [0, 0.05) is 43.0 Å². The van der Waals surface area contributed by atoms with Gasteiger partial charge in [-0.2, -0.15) is 0 Å². The Balaban J connectivity index is 1.43. The fraction of sp³-hybridized carbons (Fsp3) is 0.364. The topological polar surface area (TPSA) is 91.6 Å². The van der Waals surface area contributed by atoms with Crippen LogP contribution in [0.3, 0.4) is 0 Å². The molecule has 0 radical (unpaired) electrons. The molecule has 0 spiro atoms. The lowest BCUT2D eigenvalue weighted by Crippen LogP contribution is -2.37. The second-order valence-electron chi connectivity index (χ2n) is 7.91. The van der Waals surface area contributed by atoms with Crippen molar-refractivity contribution in [1.29, 1.82) is 0 Å². The maximum absolute atomic E-state index is 12.8. The van der Waals surface area contributed by atoms with Gasteiger partial charge in [-0.25, -0.2) is 9.78 Å². The first kappa shape index (κ1) is 20.4. The smallest absolute Gasteiger partial charge is 0.342 e. The third-order valence-electron chi connectivity index (χ3n) is 5.82. The van der Waals surface area contributed by atoms with Crippen LogP contribution in [0.2, 0.25) is 10.0 Å². The molecule has 0 amide bonds. The molecule has 2 aliphatic heterocycles. The van der Waals surface area contributed by atoms with E-state index in [1.807, 2.05) is 4.90 Å². The standard InChI is InChI=1S/C22H20Cl2N4O3/c23-12-4-5-18-13(9-12)19(24)15(22(30)31-18)11-28-8-6-16-14(10-28)21(29)27-20(26-16)17-3-1-2-7-25-17/h4-5,9H,1-3,6-8,10-11H2,(H,26,27,29). The summed E-state index contributed by atoms with van der Waals surface area (Å²) in [5.74, 6) is 0.590. The minimum atomic E-state index is -0.483. The highest BCUT2D eigenvalue weighted by Gasteiger charge is 2.25. The maximum Gasteiger partial charge on any atom is 0.342 e. The van der Waals surface area contributed by atoms with Crippen molar-refractivity contribution in [1.82, 2.24) is 14.9 Å². The Labute approximate surface area is 187 Å². The lowest BCUT2D eigenvalue weighted by Gasteiger charge is -2.27. The summed E-state index contributed by atoms with van der Waals surface area (Å²) in [4.78, 5) is 39.4. The van der Waals surface area contributed by atoms with Crippen molar-refractivity contribution in [2.24, 2.45) is 4.99 Å². The minimum Gasteiger partial charge on any atom is -0.422 e. The fourth-order valence-electron chi connectivity index (χ4n) is 4.18. The molecule has 4 heterocycles. The monoisotopic (exact) mass is 458 g/mol. The van der Waals surface area contributed by atoms with E-state index < -0.39 is 5.63 Å². The van der Waals surface area contributed by atoms with Gasteiger partial charge in [0.15, 0.2) is 5.82 Å². The first-order chi connectivity index (χ1) is 15.0. The number of aliphatic imine (C=N–C) groups is 1. The van der Waals surface area contributed by atoms with E-state index >= 15 is 0 Å². The lowest BCUT2D eigenvalue weighted by molar-refractivity contribution is 0.239. The first-order valence-electron chi connectivity index (χ1n) is 10.3. The SMILES string of the molecule is O=c1[nH]c(C2=NCCCC2)nc2c1CN(Cc1c(Cl)c3cc(Cl)ccc3oc1=O)CC2. The summed E-state index contributed by atoms with van der Waals surface area (Å²) >= 11 is 12.6. The van der Waals surface area contributed by atoms with Crippen molar-refractivity contribution in [2.75, 3.05) is 13.1 Å². The van der Waals surface area contributed by atoms with Gasteiger partial charge in [-0.05, 0) is 37.5 Å². The number of hydrogen-bond acceptors (Lipinski definition) is 6. The van der Waals surface area contributed by atoms with E-state index in [2.05, 4.69) is 9.98 Å². The Hall–Kier alpha value is -2.48. The van der Waals surface area contributed by atoms with E-state index in [-0.39, 0.29) is 12.1 Å². The summed E-state index contributed by atoms with van der Waals surface area (Å²) in [7, 11) is 0. The Bertz CT molecular complexity index is 1330. The molecule has 0 aliphatic carbocycles. The van der Waals surface area contributed by atoms with E-state index in [0.29, 0.717) is 57.5 Å². The zero-order valence-electron chi connectivity index (χ0n) is 16.7. The van der Waals surface area contributed by atoms with Crippen LogP contribution in [0.4, 0.5) is 0 Å². The first-order valence-corrected chi connectivity index (χ1v) is 11.0. The van der Waals surface area contributed by atoms with Crippen molar-refractivity contribution in [2.45, 2.75) is 38.8 Å². The van der Waals surface area contributed by atoms with E-state index in [1.54, 1.807) is 18.2 Å². The number of nitrogens with one attached hydrogen (secondary N) is 1. The van der Waals surface area contributed by atoms with Gasteiger partial charge >= 0.3 is 5.63 Å². The van der Waals surface area contributed by atoms with Gasteiger partial charge in [-0.15, -0.1) is 0 Å². The van der Waals surface area contributed by atoms with Crippen molar-refractivity contribution in [3.05, 3.63) is 71.7 Å².